The van der Waals surface area contributed by atoms with Crippen molar-refractivity contribution in [2.45, 2.75) is 6.54 Å². The molecule has 0 radical (unpaired) electrons. The standard InChI is InChI=1S/C21H17N3O3/c1-27-19-11-18-14(10-17(19)15-5-7-20(25)23-12-15)6-8-21(26)24(18)13-16-4-2-3-9-22-16/h2-12H,13H2,1H3,(H,23,25). The van der Waals surface area contributed by atoms with Crippen LogP contribution in [-0.4, -0.2) is 26.8 Å². The average molecular weight is 359 g/mol. The lowest BCUT2D eigenvalue weighted by atomic mass is 10.0. The molecule has 1 N–H and O–H groups in total. The van der Waals surface area contributed by atoms with Crippen LogP contribution in [0.5, 0.6) is 11.6 Å². The Hall–Kier alpha value is -3.67. The fraction of sp³-hybridized carbons (Fsp3) is 0.0952. The highest BCUT2D eigenvalue weighted by Gasteiger charge is 2.12. The zero-order chi connectivity index (χ0) is 18.8. The van der Waals surface area contributed by atoms with E-state index in [9.17, 15) is 9.90 Å². The molecule has 0 bridgehead atoms. The Morgan fingerprint density at radius 2 is 1.96 bits per heavy atom. The van der Waals surface area contributed by atoms with Crippen molar-refractivity contribution in [2.75, 3.05) is 7.11 Å². The number of hydrogen-bond donors (Lipinski definition) is 1. The van der Waals surface area contributed by atoms with E-state index in [4.69, 9.17) is 4.74 Å². The summed E-state index contributed by atoms with van der Waals surface area (Å²) in [6.07, 6.45) is 3.30. The van der Waals surface area contributed by atoms with Gasteiger partial charge < -0.3 is 14.4 Å². The summed E-state index contributed by atoms with van der Waals surface area (Å²) in [5, 5.41) is 10.3. The number of pyridine rings is 3. The van der Waals surface area contributed by atoms with E-state index < -0.39 is 0 Å². The fourth-order valence-corrected chi connectivity index (χ4v) is 3.08. The Balaban J connectivity index is 1.90. The fourth-order valence-electron chi connectivity index (χ4n) is 3.08. The molecule has 0 fully saturated rings. The summed E-state index contributed by atoms with van der Waals surface area (Å²) < 4.78 is 7.24. The number of aromatic nitrogens is 3. The predicted molar refractivity (Wildman–Crippen MR) is 103 cm³/mol. The Bertz CT molecular complexity index is 1150. The molecule has 0 atom stereocenters. The maximum Gasteiger partial charge on any atom is 0.251 e. The topological polar surface area (TPSA) is 77.2 Å². The Kier molecular flexibility index (Phi) is 4.30. The molecule has 3 heterocycles. The van der Waals surface area contributed by atoms with Gasteiger partial charge in [0.2, 0.25) is 5.88 Å². The molecule has 0 unspecified atom stereocenters. The van der Waals surface area contributed by atoms with Crippen LogP contribution in [0.1, 0.15) is 5.69 Å². The first-order valence-corrected chi connectivity index (χ1v) is 8.42. The SMILES string of the molecule is COc1cc2c(ccc(=O)n2Cc2ccccn2)cc1-c1ccc(O)nc1. The number of hydrogen-bond acceptors (Lipinski definition) is 5. The van der Waals surface area contributed by atoms with E-state index in [1.807, 2.05) is 30.3 Å². The smallest absolute Gasteiger partial charge is 0.251 e. The van der Waals surface area contributed by atoms with Crippen LogP contribution in [0.3, 0.4) is 0 Å². The van der Waals surface area contributed by atoms with Gasteiger partial charge in [0, 0.05) is 41.7 Å². The van der Waals surface area contributed by atoms with Crippen LogP contribution in [0.15, 0.2) is 71.8 Å². The van der Waals surface area contributed by atoms with Crippen molar-refractivity contribution < 1.29 is 9.84 Å². The summed E-state index contributed by atoms with van der Waals surface area (Å²) in [7, 11) is 1.59. The van der Waals surface area contributed by atoms with Gasteiger partial charge in [-0.05, 0) is 35.7 Å². The first-order valence-electron chi connectivity index (χ1n) is 8.42. The molecular weight excluding hydrogens is 342 g/mol. The van der Waals surface area contributed by atoms with E-state index in [1.54, 1.807) is 42.3 Å². The van der Waals surface area contributed by atoms with Gasteiger partial charge in [0.25, 0.3) is 5.56 Å². The van der Waals surface area contributed by atoms with Crippen LogP contribution in [-0.2, 0) is 6.54 Å². The number of methoxy groups -OCH3 is 1. The highest BCUT2D eigenvalue weighted by atomic mass is 16.5. The molecular formula is C21H17N3O3. The van der Waals surface area contributed by atoms with Gasteiger partial charge in [-0.25, -0.2) is 4.98 Å². The molecule has 6 nitrogen and oxygen atoms in total. The van der Waals surface area contributed by atoms with Crippen LogP contribution >= 0.6 is 0 Å². The molecule has 0 amide bonds. The van der Waals surface area contributed by atoms with Crippen LogP contribution in [0, 0.1) is 0 Å². The van der Waals surface area contributed by atoms with E-state index >= 15 is 0 Å². The van der Waals surface area contributed by atoms with Crippen molar-refractivity contribution >= 4 is 10.9 Å². The molecule has 0 aliphatic carbocycles. The molecule has 134 valence electrons. The van der Waals surface area contributed by atoms with Crippen molar-refractivity contribution in [3.8, 4) is 22.8 Å². The summed E-state index contributed by atoms with van der Waals surface area (Å²) in [6, 6.07) is 16.1. The van der Waals surface area contributed by atoms with Crippen LogP contribution in [0.2, 0.25) is 0 Å². The van der Waals surface area contributed by atoms with Crippen molar-refractivity contribution in [3.63, 3.8) is 0 Å². The summed E-state index contributed by atoms with van der Waals surface area (Å²) in [6.45, 7) is 0.375. The van der Waals surface area contributed by atoms with Crippen molar-refractivity contribution in [1.82, 2.24) is 14.5 Å². The molecule has 0 aliphatic rings. The number of benzene rings is 1. The van der Waals surface area contributed by atoms with Gasteiger partial charge in [0.15, 0.2) is 0 Å². The minimum atomic E-state index is -0.103. The summed E-state index contributed by atoms with van der Waals surface area (Å²) in [5.74, 6) is 0.582. The van der Waals surface area contributed by atoms with Gasteiger partial charge in [-0.3, -0.25) is 9.78 Å². The van der Waals surface area contributed by atoms with E-state index in [2.05, 4.69) is 9.97 Å². The molecule has 0 aliphatic heterocycles. The maximum absolute atomic E-state index is 12.5. The Morgan fingerprint density at radius 1 is 1.07 bits per heavy atom. The van der Waals surface area contributed by atoms with Crippen LogP contribution in [0.4, 0.5) is 0 Å². The van der Waals surface area contributed by atoms with Gasteiger partial charge in [-0.1, -0.05) is 6.07 Å². The minimum absolute atomic E-state index is 0.0392. The molecule has 3 aromatic heterocycles. The first-order chi connectivity index (χ1) is 13.2. The van der Waals surface area contributed by atoms with Crippen LogP contribution in [0.25, 0.3) is 22.0 Å². The predicted octanol–water partition coefficient (Wildman–Crippen LogP) is 3.22. The van der Waals surface area contributed by atoms with Crippen molar-refractivity contribution in [1.29, 1.82) is 0 Å². The lowest BCUT2D eigenvalue weighted by Crippen LogP contribution is -2.20. The highest BCUT2D eigenvalue weighted by molar-refractivity contribution is 5.88. The van der Waals surface area contributed by atoms with Crippen molar-refractivity contribution in [2.24, 2.45) is 0 Å². The number of ether oxygens (including phenoxy) is 1. The quantitative estimate of drug-likeness (QED) is 0.605. The van der Waals surface area contributed by atoms with E-state index in [0.29, 0.717) is 12.3 Å². The number of nitrogens with zero attached hydrogens (tertiary/aromatic N) is 3. The first kappa shape index (κ1) is 16.8. The molecule has 6 heteroatoms. The molecule has 1 aromatic carbocycles. The second-order valence-corrected chi connectivity index (χ2v) is 6.10. The van der Waals surface area contributed by atoms with Gasteiger partial charge in [-0.2, -0.15) is 0 Å². The normalized spacial score (nSPS) is 10.9. The van der Waals surface area contributed by atoms with Gasteiger partial charge in [-0.15, -0.1) is 0 Å². The second-order valence-electron chi connectivity index (χ2n) is 6.10. The number of rotatable bonds is 4. The zero-order valence-corrected chi connectivity index (χ0v) is 14.7. The van der Waals surface area contributed by atoms with Gasteiger partial charge in [0.1, 0.15) is 5.75 Å². The monoisotopic (exact) mass is 359 g/mol. The lowest BCUT2D eigenvalue weighted by Gasteiger charge is -2.14. The summed E-state index contributed by atoms with van der Waals surface area (Å²) in [4.78, 5) is 20.7. The largest absolute Gasteiger partial charge is 0.496 e. The third-order valence-electron chi connectivity index (χ3n) is 4.42. The van der Waals surface area contributed by atoms with Crippen LogP contribution < -0.4 is 10.3 Å². The number of aromatic hydroxyl groups is 1. The third kappa shape index (κ3) is 3.25. The highest BCUT2D eigenvalue weighted by Crippen LogP contribution is 2.34. The van der Waals surface area contributed by atoms with Gasteiger partial charge in [0.05, 0.1) is 24.9 Å². The third-order valence-corrected chi connectivity index (χ3v) is 4.42. The minimum Gasteiger partial charge on any atom is -0.496 e. The van der Waals surface area contributed by atoms with E-state index in [0.717, 1.165) is 27.7 Å². The summed E-state index contributed by atoms with van der Waals surface area (Å²) >= 11 is 0. The maximum atomic E-state index is 12.5. The molecule has 0 spiro atoms. The van der Waals surface area contributed by atoms with Crippen molar-refractivity contribution in [3.05, 3.63) is 83.0 Å². The lowest BCUT2D eigenvalue weighted by molar-refractivity contribution is 0.416. The van der Waals surface area contributed by atoms with E-state index in [-0.39, 0.29) is 11.4 Å². The number of fused-ring (bicyclic) bond motifs is 1. The molecule has 4 rings (SSSR count). The van der Waals surface area contributed by atoms with E-state index in [1.165, 1.54) is 6.07 Å². The summed E-state index contributed by atoms with van der Waals surface area (Å²) in [5.41, 5.74) is 3.11. The average Bonchev–Trinajstić information content (AvgIpc) is 2.70. The zero-order valence-electron chi connectivity index (χ0n) is 14.7. The second kappa shape index (κ2) is 6.92. The Morgan fingerprint density at radius 3 is 2.67 bits per heavy atom. The molecule has 4 aromatic rings. The molecule has 0 saturated heterocycles. The van der Waals surface area contributed by atoms with Gasteiger partial charge >= 0.3 is 0 Å². The molecule has 27 heavy (non-hydrogen) atoms. The Labute approximate surface area is 155 Å². The molecule has 0 saturated carbocycles.